The largest absolute Gasteiger partial charge is 0.306 e. The molecule has 0 aromatic heterocycles. The van der Waals surface area contributed by atoms with Gasteiger partial charge in [-0.15, -0.1) is 0 Å². The molecule has 0 fully saturated rings. The van der Waals surface area contributed by atoms with E-state index in [9.17, 15) is 0 Å². The smallest absolute Gasteiger partial charge is 0.0297 e. The Hall–Kier alpha value is -1.86. The zero-order valence-electron chi connectivity index (χ0n) is 10.3. The topological polar surface area (TPSA) is 12.0 Å². The van der Waals surface area contributed by atoms with E-state index in [0.717, 1.165) is 13.0 Å². The molecule has 0 unspecified atom stereocenters. The standard InChI is InChI=1S/C17H17N/c1-2-6-14(7-3-1)13-18-17-11-10-15-8-4-5-9-16(15)12-17/h1-11,17-18H,12-13H2/t17-/m1/s1. The lowest BCUT2D eigenvalue weighted by Crippen LogP contribution is -2.30. The summed E-state index contributed by atoms with van der Waals surface area (Å²) in [5.74, 6) is 0. The fourth-order valence-electron chi connectivity index (χ4n) is 2.39. The SMILES string of the molecule is C1=C[C@@H](NCc2ccccc2)Cc2ccccc21. The third kappa shape index (κ3) is 2.52. The molecule has 3 rings (SSSR count). The second kappa shape index (κ2) is 5.19. The minimum Gasteiger partial charge on any atom is -0.306 e. The van der Waals surface area contributed by atoms with Crippen LogP contribution in [-0.4, -0.2) is 6.04 Å². The van der Waals surface area contributed by atoms with Gasteiger partial charge >= 0.3 is 0 Å². The van der Waals surface area contributed by atoms with E-state index in [4.69, 9.17) is 0 Å². The van der Waals surface area contributed by atoms with Crippen LogP contribution in [0.15, 0.2) is 60.7 Å². The van der Waals surface area contributed by atoms with Gasteiger partial charge in [-0.2, -0.15) is 0 Å². The lowest BCUT2D eigenvalue weighted by Gasteiger charge is -2.20. The normalized spacial score (nSPS) is 17.4. The first-order chi connectivity index (χ1) is 8.92. The van der Waals surface area contributed by atoms with E-state index in [0.29, 0.717) is 6.04 Å². The maximum atomic E-state index is 3.59. The Morgan fingerprint density at radius 3 is 2.61 bits per heavy atom. The van der Waals surface area contributed by atoms with Gasteiger partial charge in [0.15, 0.2) is 0 Å². The maximum absolute atomic E-state index is 3.59. The van der Waals surface area contributed by atoms with E-state index in [-0.39, 0.29) is 0 Å². The summed E-state index contributed by atoms with van der Waals surface area (Å²) in [6.07, 6.45) is 5.58. The van der Waals surface area contributed by atoms with Gasteiger partial charge in [-0.05, 0) is 23.1 Å². The molecule has 0 saturated carbocycles. The first-order valence-electron chi connectivity index (χ1n) is 6.45. The van der Waals surface area contributed by atoms with Gasteiger partial charge in [0.25, 0.3) is 0 Å². The quantitative estimate of drug-likeness (QED) is 0.859. The van der Waals surface area contributed by atoms with Crippen molar-refractivity contribution in [2.24, 2.45) is 0 Å². The third-order valence-electron chi connectivity index (χ3n) is 3.41. The highest BCUT2D eigenvalue weighted by Crippen LogP contribution is 2.18. The van der Waals surface area contributed by atoms with Crippen molar-refractivity contribution in [3.05, 3.63) is 77.4 Å². The van der Waals surface area contributed by atoms with Gasteiger partial charge < -0.3 is 5.32 Å². The van der Waals surface area contributed by atoms with Crippen LogP contribution in [0.2, 0.25) is 0 Å². The highest BCUT2D eigenvalue weighted by Gasteiger charge is 2.12. The number of fused-ring (bicyclic) bond motifs is 1. The molecule has 0 bridgehead atoms. The van der Waals surface area contributed by atoms with Crippen molar-refractivity contribution < 1.29 is 0 Å². The van der Waals surface area contributed by atoms with E-state index >= 15 is 0 Å². The van der Waals surface area contributed by atoms with Crippen LogP contribution in [0.1, 0.15) is 16.7 Å². The number of hydrogen-bond donors (Lipinski definition) is 1. The van der Waals surface area contributed by atoms with Crippen LogP contribution in [0.3, 0.4) is 0 Å². The molecule has 2 aromatic rings. The van der Waals surface area contributed by atoms with Gasteiger partial charge in [-0.1, -0.05) is 66.7 Å². The lowest BCUT2D eigenvalue weighted by atomic mass is 9.94. The van der Waals surface area contributed by atoms with Crippen LogP contribution in [-0.2, 0) is 13.0 Å². The second-order valence-electron chi connectivity index (χ2n) is 4.74. The van der Waals surface area contributed by atoms with Crippen molar-refractivity contribution in [3.63, 3.8) is 0 Å². The summed E-state index contributed by atoms with van der Waals surface area (Å²) < 4.78 is 0. The Bertz CT molecular complexity index is 543. The molecule has 0 aliphatic heterocycles. The highest BCUT2D eigenvalue weighted by molar-refractivity contribution is 5.57. The molecule has 1 heteroatoms. The molecule has 0 heterocycles. The summed E-state index contributed by atoms with van der Waals surface area (Å²) in [4.78, 5) is 0. The predicted molar refractivity (Wildman–Crippen MR) is 76.2 cm³/mol. The van der Waals surface area contributed by atoms with E-state index in [2.05, 4.69) is 72.1 Å². The molecule has 1 aliphatic rings. The first kappa shape index (κ1) is 11.2. The minimum atomic E-state index is 0.445. The predicted octanol–water partition coefficient (Wildman–Crippen LogP) is 3.41. The van der Waals surface area contributed by atoms with Crippen molar-refractivity contribution in [1.29, 1.82) is 0 Å². The number of nitrogens with one attached hydrogen (secondary N) is 1. The molecule has 1 N–H and O–H groups in total. The average Bonchev–Trinajstić information content (AvgIpc) is 2.46. The van der Waals surface area contributed by atoms with Crippen molar-refractivity contribution >= 4 is 6.08 Å². The number of benzene rings is 2. The van der Waals surface area contributed by atoms with E-state index < -0.39 is 0 Å². The number of rotatable bonds is 3. The minimum absolute atomic E-state index is 0.445. The molecule has 18 heavy (non-hydrogen) atoms. The molecule has 0 spiro atoms. The molecule has 1 aliphatic carbocycles. The maximum Gasteiger partial charge on any atom is 0.0297 e. The molecule has 2 aromatic carbocycles. The van der Waals surface area contributed by atoms with Crippen LogP contribution in [0, 0.1) is 0 Å². The van der Waals surface area contributed by atoms with E-state index in [1.165, 1.54) is 16.7 Å². The van der Waals surface area contributed by atoms with E-state index in [1.807, 2.05) is 0 Å². The van der Waals surface area contributed by atoms with Crippen LogP contribution in [0.4, 0.5) is 0 Å². The Labute approximate surface area is 108 Å². The molecular weight excluding hydrogens is 218 g/mol. The zero-order chi connectivity index (χ0) is 12.2. The third-order valence-corrected chi connectivity index (χ3v) is 3.41. The Morgan fingerprint density at radius 1 is 0.944 bits per heavy atom. The highest BCUT2D eigenvalue weighted by atomic mass is 14.9. The van der Waals surface area contributed by atoms with Gasteiger partial charge in [0.1, 0.15) is 0 Å². The van der Waals surface area contributed by atoms with Crippen LogP contribution >= 0.6 is 0 Å². The van der Waals surface area contributed by atoms with Gasteiger partial charge in [-0.3, -0.25) is 0 Å². The monoisotopic (exact) mass is 235 g/mol. The average molecular weight is 235 g/mol. The van der Waals surface area contributed by atoms with Crippen molar-refractivity contribution in [1.82, 2.24) is 5.32 Å². The van der Waals surface area contributed by atoms with E-state index in [1.54, 1.807) is 0 Å². The van der Waals surface area contributed by atoms with Crippen LogP contribution in [0.5, 0.6) is 0 Å². The summed E-state index contributed by atoms with van der Waals surface area (Å²) in [6, 6.07) is 19.6. The fraction of sp³-hybridized carbons (Fsp3) is 0.176. The summed E-state index contributed by atoms with van der Waals surface area (Å²) in [6.45, 7) is 0.929. The fourth-order valence-corrected chi connectivity index (χ4v) is 2.39. The number of hydrogen-bond acceptors (Lipinski definition) is 1. The van der Waals surface area contributed by atoms with Gasteiger partial charge in [0.05, 0.1) is 0 Å². The van der Waals surface area contributed by atoms with Gasteiger partial charge in [-0.25, -0.2) is 0 Å². The van der Waals surface area contributed by atoms with Gasteiger partial charge in [0, 0.05) is 12.6 Å². The molecule has 0 radical (unpaired) electrons. The van der Waals surface area contributed by atoms with Crippen LogP contribution in [0.25, 0.3) is 6.08 Å². The lowest BCUT2D eigenvalue weighted by molar-refractivity contribution is 0.587. The van der Waals surface area contributed by atoms with Crippen LogP contribution < -0.4 is 5.32 Å². The molecule has 90 valence electrons. The first-order valence-corrected chi connectivity index (χ1v) is 6.45. The second-order valence-corrected chi connectivity index (χ2v) is 4.74. The van der Waals surface area contributed by atoms with Crippen molar-refractivity contribution in [3.8, 4) is 0 Å². The summed E-state index contributed by atoms with van der Waals surface area (Å²) in [5.41, 5.74) is 4.13. The van der Waals surface area contributed by atoms with Crippen molar-refractivity contribution in [2.75, 3.05) is 0 Å². The summed E-state index contributed by atoms with van der Waals surface area (Å²) >= 11 is 0. The van der Waals surface area contributed by atoms with Gasteiger partial charge in [0.2, 0.25) is 0 Å². The molecule has 0 saturated heterocycles. The summed E-state index contributed by atoms with van der Waals surface area (Å²) in [7, 11) is 0. The Morgan fingerprint density at radius 2 is 1.72 bits per heavy atom. The van der Waals surface area contributed by atoms with Crippen molar-refractivity contribution in [2.45, 2.75) is 19.0 Å². The zero-order valence-corrected chi connectivity index (χ0v) is 10.3. The molecule has 1 nitrogen and oxygen atoms in total. The molecule has 0 amide bonds. The molecule has 1 atom stereocenters. The Balaban J connectivity index is 1.64. The summed E-state index contributed by atoms with van der Waals surface area (Å²) in [5, 5.41) is 3.59. The Kier molecular flexibility index (Phi) is 3.24. The molecular formula is C17H17N.